The molecule has 2 rings (SSSR count). The van der Waals surface area contributed by atoms with E-state index in [1.54, 1.807) is 24.3 Å². The lowest BCUT2D eigenvalue weighted by molar-refractivity contribution is 0.324. The number of likely N-dealkylation sites (N-methyl/N-ethyl adjacent to an activating group) is 2. The Morgan fingerprint density at radius 3 is 1.74 bits per heavy atom. The Labute approximate surface area is 142 Å². The summed E-state index contributed by atoms with van der Waals surface area (Å²) >= 11 is 0. The van der Waals surface area contributed by atoms with E-state index in [2.05, 4.69) is 17.3 Å². The topological polar surface area (TPSA) is 15.3 Å². The van der Waals surface area contributed by atoms with Crippen molar-refractivity contribution in [2.24, 2.45) is 0 Å². The van der Waals surface area contributed by atoms with Crippen molar-refractivity contribution in [2.75, 3.05) is 33.7 Å². The summed E-state index contributed by atoms with van der Waals surface area (Å²) in [7, 11) is 3.97. The van der Waals surface area contributed by atoms with Gasteiger partial charge in [0, 0.05) is 25.6 Å². The quantitative estimate of drug-likeness (QED) is 0.827. The molecule has 1 N–H and O–H groups in total. The summed E-state index contributed by atoms with van der Waals surface area (Å²) in [6.45, 7) is 2.60. The maximum absolute atomic E-state index is 13.2. The van der Waals surface area contributed by atoms with Crippen LogP contribution in [0.4, 0.5) is 8.78 Å². The second kappa shape index (κ2) is 9.60. The molecule has 0 bridgehead atoms. The van der Waals surface area contributed by atoms with Crippen molar-refractivity contribution < 1.29 is 8.78 Å². The second-order valence-electron chi connectivity index (χ2n) is 5.52. The van der Waals surface area contributed by atoms with Gasteiger partial charge in [0.05, 0.1) is 0 Å². The fraction of sp³-hybridized carbons (Fsp3) is 0.333. The van der Waals surface area contributed by atoms with E-state index in [1.807, 2.05) is 7.05 Å². The van der Waals surface area contributed by atoms with Gasteiger partial charge in [0.1, 0.15) is 11.6 Å². The summed E-state index contributed by atoms with van der Waals surface area (Å²) in [4.78, 5) is 2.22. The van der Waals surface area contributed by atoms with Crippen molar-refractivity contribution in [3.05, 3.63) is 71.3 Å². The Bertz CT molecular complexity index is 527. The van der Waals surface area contributed by atoms with Crippen LogP contribution < -0.4 is 5.32 Å². The van der Waals surface area contributed by atoms with Crippen LogP contribution in [0.15, 0.2) is 48.5 Å². The molecule has 5 heteroatoms. The van der Waals surface area contributed by atoms with Crippen LogP contribution in [0.1, 0.15) is 17.0 Å². The zero-order valence-corrected chi connectivity index (χ0v) is 14.2. The maximum atomic E-state index is 13.2. The molecule has 0 aliphatic heterocycles. The smallest absolute Gasteiger partial charge is 0.123 e. The van der Waals surface area contributed by atoms with E-state index in [1.165, 1.54) is 24.3 Å². The molecule has 0 radical (unpaired) electrons. The molecule has 0 aliphatic rings. The number of nitrogens with one attached hydrogen (secondary N) is 1. The van der Waals surface area contributed by atoms with Crippen LogP contribution in [0.5, 0.6) is 0 Å². The SMILES string of the molecule is CNCCN(C)CC(c1ccc(F)cc1)c1ccc(F)cc1.Cl. The molecule has 2 aromatic rings. The Balaban J connectivity index is 0.00000264. The van der Waals surface area contributed by atoms with Crippen molar-refractivity contribution in [2.45, 2.75) is 5.92 Å². The van der Waals surface area contributed by atoms with Crippen LogP contribution in [0.3, 0.4) is 0 Å². The van der Waals surface area contributed by atoms with Gasteiger partial charge in [0.25, 0.3) is 0 Å². The Hall–Kier alpha value is -1.49. The van der Waals surface area contributed by atoms with Gasteiger partial charge in [-0.05, 0) is 49.5 Å². The lowest BCUT2D eigenvalue weighted by atomic mass is 9.91. The zero-order chi connectivity index (χ0) is 15.9. The largest absolute Gasteiger partial charge is 0.318 e. The molecule has 126 valence electrons. The summed E-state index contributed by atoms with van der Waals surface area (Å²) in [5, 5.41) is 3.13. The highest BCUT2D eigenvalue weighted by Gasteiger charge is 2.16. The van der Waals surface area contributed by atoms with Gasteiger partial charge in [-0.2, -0.15) is 0 Å². The lowest BCUT2D eigenvalue weighted by Crippen LogP contribution is -2.31. The van der Waals surface area contributed by atoms with Crippen LogP contribution in [0.25, 0.3) is 0 Å². The van der Waals surface area contributed by atoms with Gasteiger partial charge in [0.2, 0.25) is 0 Å². The monoisotopic (exact) mass is 340 g/mol. The minimum absolute atomic E-state index is 0. The summed E-state index contributed by atoms with van der Waals surface area (Å²) in [5.74, 6) is -0.404. The number of benzene rings is 2. The third-order valence-electron chi connectivity index (χ3n) is 3.78. The van der Waals surface area contributed by atoms with Gasteiger partial charge < -0.3 is 10.2 Å². The minimum Gasteiger partial charge on any atom is -0.318 e. The number of hydrogen-bond donors (Lipinski definition) is 1. The van der Waals surface area contributed by atoms with Gasteiger partial charge >= 0.3 is 0 Å². The van der Waals surface area contributed by atoms with Crippen LogP contribution in [0.2, 0.25) is 0 Å². The predicted molar refractivity (Wildman–Crippen MR) is 93.3 cm³/mol. The van der Waals surface area contributed by atoms with Gasteiger partial charge in [-0.1, -0.05) is 24.3 Å². The van der Waals surface area contributed by atoms with E-state index in [0.29, 0.717) is 0 Å². The van der Waals surface area contributed by atoms with Crippen molar-refractivity contribution in [1.29, 1.82) is 0 Å². The molecule has 0 amide bonds. The highest BCUT2D eigenvalue weighted by molar-refractivity contribution is 5.85. The average molecular weight is 341 g/mol. The molecule has 2 nitrogen and oxygen atoms in total. The molecule has 0 aromatic heterocycles. The molecule has 0 saturated heterocycles. The maximum Gasteiger partial charge on any atom is 0.123 e. The Morgan fingerprint density at radius 1 is 0.913 bits per heavy atom. The predicted octanol–water partition coefficient (Wildman–Crippen LogP) is 3.67. The third-order valence-corrected chi connectivity index (χ3v) is 3.78. The van der Waals surface area contributed by atoms with E-state index in [4.69, 9.17) is 0 Å². The Morgan fingerprint density at radius 2 is 1.35 bits per heavy atom. The fourth-order valence-electron chi connectivity index (χ4n) is 2.50. The molecule has 0 aliphatic carbocycles. The van der Waals surface area contributed by atoms with Crippen molar-refractivity contribution in [1.82, 2.24) is 10.2 Å². The van der Waals surface area contributed by atoms with Crippen molar-refractivity contribution in [3.63, 3.8) is 0 Å². The van der Waals surface area contributed by atoms with Crippen molar-refractivity contribution in [3.8, 4) is 0 Å². The normalized spacial score (nSPS) is 10.9. The van der Waals surface area contributed by atoms with Crippen LogP contribution in [-0.2, 0) is 0 Å². The molecular weight excluding hydrogens is 318 g/mol. The van der Waals surface area contributed by atoms with Gasteiger partial charge in [-0.25, -0.2) is 8.78 Å². The number of hydrogen-bond acceptors (Lipinski definition) is 2. The van der Waals surface area contributed by atoms with Crippen LogP contribution in [-0.4, -0.2) is 38.6 Å². The van der Waals surface area contributed by atoms with E-state index >= 15 is 0 Å². The molecular formula is C18H23ClF2N2. The first-order valence-corrected chi connectivity index (χ1v) is 7.44. The molecule has 0 saturated carbocycles. The van der Waals surface area contributed by atoms with E-state index < -0.39 is 0 Å². The molecule has 23 heavy (non-hydrogen) atoms. The van der Waals surface area contributed by atoms with Crippen LogP contribution >= 0.6 is 12.4 Å². The Kier molecular flexibility index (Phi) is 8.17. The number of rotatable bonds is 7. The average Bonchev–Trinajstić information content (AvgIpc) is 2.52. The zero-order valence-electron chi connectivity index (χ0n) is 13.4. The number of halogens is 3. The number of nitrogens with zero attached hydrogens (tertiary/aromatic N) is 1. The first kappa shape index (κ1) is 19.6. The molecule has 0 heterocycles. The third kappa shape index (κ3) is 5.90. The summed E-state index contributed by atoms with van der Waals surface area (Å²) in [5.41, 5.74) is 2.06. The van der Waals surface area contributed by atoms with E-state index in [0.717, 1.165) is 30.8 Å². The first-order valence-electron chi connectivity index (χ1n) is 7.44. The van der Waals surface area contributed by atoms with E-state index in [9.17, 15) is 8.78 Å². The summed E-state index contributed by atoms with van der Waals surface area (Å²) in [6.07, 6.45) is 0. The molecule has 2 aromatic carbocycles. The molecule has 0 fully saturated rings. The summed E-state index contributed by atoms with van der Waals surface area (Å²) in [6, 6.07) is 13.1. The molecule has 0 spiro atoms. The summed E-state index contributed by atoms with van der Waals surface area (Å²) < 4.78 is 26.3. The van der Waals surface area contributed by atoms with Gasteiger partial charge in [-0.15, -0.1) is 12.4 Å². The first-order chi connectivity index (χ1) is 10.6. The fourth-order valence-corrected chi connectivity index (χ4v) is 2.50. The van der Waals surface area contributed by atoms with Crippen molar-refractivity contribution >= 4 is 12.4 Å². The molecule has 0 unspecified atom stereocenters. The second-order valence-corrected chi connectivity index (χ2v) is 5.52. The lowest BCUT2D eigenvalue weighted by Gasteiger charge is -2.25. The minimum atomic E-state index is -0.245. The molecule has 0 atom stereocenters. The van der Waals surface area contributed by atoms with E-state index in [-0.39, 0.29) is 30.0 Å². The standard InChI is InChI=1S/C18H22F2N2.ClH/c1-21-11-12-22(2)13-18(14-3-7-16(19)8-4-14)15-5-9-17(20)10-6-15;/h3-10,18,21H,11-13H2,1-2H3;1H. The highest BCUT2D eigenvalue weighted by atomic mass is 35.5. The highest BCUT2D eigenvalue weighted by Crippen LogP contribution is 2.26. The van der Waals surface area contributed by atoms with Crippen LogP contribution in [0, 0.1) is 11.6 Å². The van der Waals surface area contributed by atoms with Gasteiger partial charge in [-0.3, -0.25) is 0 Å². The van der Waals surface area contributed by atoms with Gasteiger partial charge in [0.15, 0.2) is 0 Å².